The van der Waals surface area contributed by atoms with Crippen molar-refractivity contribution in [2.45, 2.75) is 38.8 Å². The lowest BCUT2D eigenvalue weighted by atomic mass is 10.0. The standard InChI is InChI=1S/C22H22N2O4/c1-14-10-16-4-2-3-5-17(16)24(14)21(26)22(8-9-22)20(25)23-12-15-6-7-18-19(11-15)28-13-27-18/h2-7,11,14H,8-10,12-13H2,1H3,(H,23,25). The quantitative estimate of drug-likeness (QED) is 0.831. The lowest BCUT2D eigenvalue weighted by Gasteiger charge is -2.27. The maximum Gasteiger partial charge on any atom is 0.242 e. The Kier molecular flexibility index (Phi) is 3.82. The maximum absolute atomic E-state index is 13.3. The van der Waals surface area contributed by atoms with E-state index in [0.29, 0.717) is 30.9 Å². The molecular weight excluding hydrogens is 356 g/mol. The van der Waals surface area contributed by atoms with Crippen LogP contribution in [0.5, 0.6) is 11.5 Å². The van der Waals surface area contributed by atoms with Crippen LogP contribution >= 0.6 is 0 Å². The summed E-state index contributed by atoms with van der Waals surface area (Å²) in [5.74, 6) is 1.14. The number of carbonyl (C=O) groups excluding carboxylic acids is 2. The molecule has 1 N–H and O–H groups in total. The number of rotatable bonds is 4. The Labute approximate surface area is 163 Å². The van der Waals surface area contributed by atoms with E-state index < -0.39 is 5.41 Å². The number of amides is 2. The molecular formula is C22H22N2O4. The molecule has 5 rings (SSSR count). The number of carbonyl (C=O) groups is 2. The molecule has 144 valence electrons. The van der Waals surface area contributed by atoms with Crippen LogP contribution in [0, 0.1) is 5.41 Å². The van der Waals surface area contributed by atoms with E-state index in [1.54, 1.807) is 0 Å². The highest BCUT2D eigenvalue weighted by Crippen LogP contribution is 2.50. The second kappa shape index (κ2) is 6.26. The summed E-state index contributed by atoms with van der Waals surface area (Å²) in [6.07, 6.45) is 2.03. The summed E-state index contributed by atoms with van der Waals surface area (Å²) in [6, 6.07) is 13.6. The van der Waals surface area contributed by atoms with E-state index >= 15 is 0 Å². The molecule has 2 aromatic carbocycles. The molecule has 1 aliphatic carbocycles. The molecule has 0 spiro atoms. The fourth-order valence-corrected chi connectivity index (χ4v) is 4.17. The third-order valence-corrected chi connectivity index (χ3v) is 5.91. The highest BCUT2D eigenvalue weighted by molar-refractivity contribution is 6.14. The number of ether oxygens (including phenoxy) is 2. The first-order chi connectivity index (χ1) is 13.6. The van der Waals surface area contributed by atoms with Crippen LogP contribution in [0.15, 0.2) is 42.5 Å². The van der Waals surface area contributed by atoms with Crippen LogP contribution in [0.3, 0.4) is 0 Å². The second-order valence-corrected chi connectivity index (χ2v) is 7.81. The molecule has 1 saturated carbocycles. The van der Waals surface area contributed by atoms with E-state index in [0.717, 1.165) is 17.7 Å². The minimum Gasteiger partial charge on any atom is -0.454 e. The molecule has 0 saturated heterocycles. The number of nitrogens with one attached hydrogen (secondary N) is 1. The Balaban J connectivity index is 1.30. The molecule has 2 heterocycles. The van der Waals surface area contributed by atoms with E-state index in [1.807, 2.05) is 48.2 Å². The fraction of sp³-hybridized carbons (Fsp3) is 0.364. The maximum atomic E-state index is 13.3. The van der Waals surface area contributed by atoms with Gasteiger partial charge in [-0.3, -0.25) is 9.59 Å². The van der Waals surface area contributed by atoms with Gasteiger partial charge in [0, 0.05) is 18.3 Å². The molecule has 3 aliphatic rings. The zero-order valence-corrected chi connectivity index (χ0v) is 15.7. The molecule has 1 fully saturated rings. The number of anilines is 1. The predicted molar refractivity (Wildman–Crippen MR) is 103 cm³/mol. The Morgan fingerprint density at radius 2 is 1.93 bits per heavy atom. The van der Waals surface area contributed by atoms with Gasteiger partial charge in [-0.25, -0.2) is 0 Å². The van der Waals surface area contributed by atoms with Crippen LogP contribution in [0.4, 0.5) is 5.69 Å². The van der Waals surface area contributed by atoms with Crippen molar-refractivity contribution >= 4 is 17.5 Å². The third kappa shape index (κ3) is 2.63. The highest BCUT2D eigenvalue weighted by Gasteiger charge is 2.59. The second-order valence-electron chi connectivity index (χ2n) is 7.81. The minimum absolute atomic E-state index is 0.0732. The van der Waals surface area contributed by atoms with Crippen molar-refractivity contribution in [3.63, 3.8) is 0 Å². The van der Waals surface area contributed by atoms with Crippen molar-refractivity contribution in [2.24, 2.45) is 5.41 Å². The predicted octanol–water partition coefficient (Wildman–Crippen LogP) is 2.79. The van der Waals surface area contributed by atoms with Gasteiger partial charge in [0.15, 0.2) is 11.5 Å². The van der Waals surface area contributed by atoms with Gasteiger partial charge in [-0.1, -0.05) is 24.3 Å². The van der Waals surface area contributed by atoms with Gasteiger partial charge in [-0.05, 0) is 55.5 Å². The van der Waals surface area contributed by atoms with E-state index in [9.17, 15) is 9.59 Å². The molecule has 2 aromatic rings. The summed E-state index contributed by atoms with van der Waals surface area (Å²) < 4.78 is 10.7. The van der Waals surface area contributed by atoms with Gasteiger partial charge in [0.25, 0.3) is 0 Å². The fourth-order valence-electron chi connectivity index (χ4n) is 4.17. The van der Waals surface area contributed by atoms with Crippen molar-refractivity contribution in [1.29, 1.82) is 0 Å². The van der Waals surface area contributed by atoms with Crippen molar-refractivity contribution in [3.8, 4) is 11.5 Å². The van der Waals surface area contributed by atoms with Gasteiger partial charge in [0.2, 0.25) is 18.6 Å². The molecule has 2 amide bonds. The van der Waals surface area contributed by atoms with E-state index in [-0.39, 0.29) is 24.6 Å². The monoisotopic (exact) mass is 378 g/mol. The first-order valence-corrected chi connectivity index (χ1v) is 9.67. The van der Waals surface area contributed by atoms with Gasteiger partial charge in [-0.2, -0.15) is 0 Å². The van der Waals surface area contributed by atoms with Crippen LogP contribution in [0.1, 0.15) is 30.9 Å². The van der Waals surface area contributed by atoms with Crippen molar-refractivity contribution in [1.82, 2.24) is 5.32 Å². The summed E-state index contributed by atoms with van der Waals surface area (Å²) in [5.41, 5.74) is 2.10. The summed E-state index contributed by atoms with van der Waals surface area (Å²) in [4.78, 5) is 28.1. The lowest BCUT2D eigenvalue weighted by Crippen LogP contribution is -2.47. The van der Waals surface area contributed by atoms with Gasteiger partial charge < -0.3 is 19.7 Å². The molecule has 0 bridgehead atoms. The van der Waals surface area contributed by atoms with Crippen LogP contribution in [-0.2, 0) is 22.6 Å². The number of fused-ring (bicyclic) bond motifs is 2. The number of hydrogen-bond acceptors (Lipinski definition) is 4. The molecule has 28 heavy (non-hydrogen) atoms. The molecule has 6 heteroatoms. The SMILES string of the molecule is CC1Cc2ccccc2N1C(=O)C1(C(=O)NCc2ccc3c(c2)OCO3)CC1. The molecule has 1 atom stereocenters. The van der Waals surface area contributed by atoms with E-state index in [1.165, 1.54) is 5.56 Å². The average Bonchev–Trinajstić information content (AvgIpc) is 3.26. The normalized spacial score (nSPS) is 20.6. The van der Waals surface area contributed by atoms with Gasteiger partial charge in [0.1, 0.15) is 5.41 Å². The summed E-state index contributed by atoms with van der Waals surface area (Å²) in [5, 5.41) is 2.95. The zero-order chi connectivity index (χ0) is 19.3. The third-order valence-electron chi connectivity index (χ3n) is 5.91. The van der Waals surface area contributed by atoms with Gasteiger partial charge in [-0.15, -0.1) is 0 Å². The lowest BCUT2D eigenvalue weighted by molar-refractivity contribution is -0.136. The summed E-state index contributed by atoms with van der Waals surface area (Å²) in [7, 11) is 0. The van der Waals surface area contributed by atoms with Crippen molar-refractivity contribution < 1.29 is 19.1 Å². The molecule has 0 aromatic heterocycles. The highest BCUT2D eigenvalue weighted by atomic mass is 16.7. The molecule has 6 nitrogen and oxygen atoms in total. The van der Waals surface area contributed by atoms with E-state index in [2.05, 4.69) is 11.4 Å². The van der Waals surface area contributed by atoms with Crippen LogP contribution in [0.25, 0.3) is 0 Å². The minimum atomic E-state index is -0.929. The Morgan fingerprint density at radius 1 is 1.14 bits per heavy atom. The van der Waals surface area contributed by atoms with Crippen LogP contribution in [0.2, 0.25) is 0 Å². The Bertz CT molecular complexity index is 967. The molecule has 2 aliphatic heterocycles. The van der Waals surface area contributed by atoms with Crippen molar-refractivity contribution in [3.05, 3.63) is 53.6 Å². The number of benzene rings is 2. The molecule has 0 radical (unpaired) electrons. The van der Waals surface area contributed by atoms with Gasteiger partial charge in [0.05, 0.1) is 0 Å². The average molecular weight is 378 g/mol. The van der Waals surface area contributed by atoms with Crippen LogP contribution < -0.4 is 19.7 Å². The first-order valence-electron chi connectivity index (χ1n) is 9.67. The number of nitrogens with zero attached hydrogens (tertiary/aromatic N) is 1. The Morgan fingerprint density at radius 3 is 2.75 bits per heavy atom. The summed E-state index contributed by atoms with van der Waals surface area (Å²) >= 11 is 0. The Hall–Kier alpha value is -3.02. The topological polar surface area (TPSA) is 67.9 Å². The first kappa shape index (κ1) is 17.1. The number of para-hydroxylation sites is 1. The van der Waals surface area contributed by atoms with E-state index in [4.69, 9.17) is 9.47 Å². The van der Waals surface area contributed by atoms with Crippen LogP contribution in [-0.4, -0.2) is 24.6 Å². The van der Waals surface area contributed by atoms with Crippen molar-refractivity contribution in [2.75, 3.05) is 11.7 Å². The number of hydrogen-bond donors (Lipinski definition) is 1. The largest absolute Gasteiger partial charge is 0.454 e. The molecule has 1 unspecified atom stereocenters. The van der Waals surface area contributed by atoms with Gasteiger partial charge >= 0.3 is 0 Å². The smallest absolute Gasteiger partial charge is 0.242 e. The summed E-state index contributed by atoms with van der Waals surface area (Å²) in [6.45, 7) is 2.62. The zero-order valence-electron chi connectivity index (χ0n) is 15.7.